The van der Waals surface area contributed by atoms with E-state index in [-0.39, 0.29) is 6.42 Å². The van der Waals surface area contributed by atoms with Crippen molar-refractivity contribution < 1.29 is 24.5 Å². The minimum absolute atomic E-state index is 0.0895. The second-order valence-corrected chi connectivity index (χ2v) is 6.00. The SMILES string of the molecule is O=C(O)N1CCCc2ccc(CCCCC(F)(CO)CO)nc21. The number of nitrogens with zero attached hydrogens (tertiary/aromatic N) is 2. The lowest BCUT2D eigenvalue weighted by atomic mass is 9.99. The number of aliphatic hydroxyl groups is 2. The molecule has 0 atom stereocenters. The fraction of sp³-hybridized carbons (Fsp3) is 0.625. The van der Waals surface area contributed by atoms with E-state index >= 15 is 0 Å². The molecular weight excluding hydrogens is 303 g/mol. The molecule has 1 amide bonds. The number of rotatable bonds is 7. The number of carbonyl (C=O) groups is 1. The third-order valence-electron chi connectivity index (χ3n) is 4.20. The van der Waals surface area contributed by atoms with Gasteiger partial charge < -0.3 is 15.3 Å². The van der Waals surface area contributed by atoms with Crippen molar-refractivity contribution in [2.24, 2.45) is 0 Å². The average Bonchev–Trinajstić information content (AvgIpc) is 2.57. The van der Waals surface area contributed by atoms with E-state index in [0.717, 1.165) is 24.1 Å². The van der Waals surface area contributed by atoms with Crippen LogP contribution in [0.2, 0.25) is 0 Å². The molecule has 0 saturated heterocycles. The number of hydrogen-bond acceptors (Lipinski definition) is 4. The van der Waals surface area contributed by atoms with Crippen molar-refractivity contribution in [3.63, 3.8) is 0 Å². The Kier molecular flexibility index (Phi) is 5.90. The monoisotopic (exact) mass is 326 g/mol. The van der Waals surface area contributed by atoms with Gasteiger partial charge in [-0.2, -0.15) is 0 Å². The van der Waals surface area contributed by atoms with Crippen molar-refractivity contribution in [3.05, 3.63) is 23.4 Å². The molecule has 2 rings (SSSR count). The third-order valence-corrected chi connectivity index (χ3v) is 4.20. The molecule has 6 nitrogen and oxygen atoms in total. The lowest BCUT2D eigenvalue weighted by molar-refractivity contribution is 0.00797. The Hall–Kier alpha value is -1.73. The summed E-state index contributed by atoms with van der Waals surface area (Å²) in [5.41, 5.74) is -0.219. The molecule has 23 heavy (non-hydrogen) atoms. The van der Waals surface area contributed by atoms with Crippen LogP contribution in [0.15, 0.2) is 12.1 Å². The highest BCUT2D eigenvalue weighted by atomic mass is 19.1. The minimum Gasteiger partial charge on any atom is -0.465 e. The maximum Gasteiger partial charge on any atom is 0.413 e. The Bertz CT molecular complexity index is 549. The van der Waals surface area contributed by atoms with E-state index in [9.17, 15) is 14.3 Å². The summed E-state index contributed by atoms with van der Waals surface area (Å²) >= 11 is 0. The molecule has 7 heteroatoms. The van der Waals surface area contributed by atoms with Crippen molar-refractivity contribution in [1.82, 2.24) is 4.98 Å². The number of anilines is 1. The molecule has 3 N–H and O–H groups in total. The Balaban J connectivity index is 1.94. The summed E-state index contributed by atoms with van der Waals surface area (Å²) in [5, 5.41) is 27.0. The van der Waals surface area contributed by atoms with Crippen LogP contribution in [0.4, 0.5) is 15.0 Å². The van der Waals surface area contributed by atoms with Gasteiger partial charge in [0.25, 0.3) is 0 Å². The Labute approximate surface area is 134 Å². The quantitative estimate of drug-likeness (QED) is 0.666. The average molecular weight is 326 g/mol. The predicted octanol–water partition coefficient (Wildman–Crippen LogP) is 1.92. The van der Waals surface area contributed by atoms with Gasteiger partial charge in [-0.05, 0) is 50.2 Å². The highest BCUT2D eigenvalue weighted by molar-refractivity contribution is 5.86. The number of unbranched alkanes of at least 4 members (excludes halogenated alkanes) is 1. The molecule has 0 fully saturated rings. The van der Waals surface area contributed by atoms with E-state index in [1.54, 1.807) is 0 Å². The number of carboxylic acid groups (broad SMARTS) is 1. The molecule has 0 aliphatic carbocycles. The lowest BCUT2D eigenvalue weighted by Crippen LogP contribution is -2.35. The first-order valence-corrected chi connectivity index (χ1v) is 7.89. The summed E-state index contributed by atoms with van der Waals surface area (Å²) in [5.74, 6) is 0.506. The first kappa shape index (κ1) is 17.6. The van der Waals surface area contributed by atoms with E-state index in [1.165, 1.54) is 4.90 Å². The zero-order valence-electron chi connectivity index (χ0n) is 13.0. The predicted molar refractivity (Wildman–Crippen MR) is 83.5 cm³/mol. The van der Waals surface area contributed by atoms with Crippen LogP contribution in [0.1, 0.15) is 36.9 Å². The molecular formula is C16H23FN2O4. The summed E-state index contributed by atoms with van der Waals surface area (Å²) in [6, 6.07) is 3.79. The molecule has 0 saturated carbocycles. The number of aromatic nitrogens is 1. The summed E-state index contributed by atoms with van der Waals surface area (Å²) in [4.78, 5) is 17.0. The molecule has 1 aromatic rings. The number of amides is 1. The Morgan fingerprint density at radius 2 is 2.04 bits per heavy atom. The normalized spacial score (nSPS) is 14.7. The number of alkyl halides is 1. The van der Waals surface area contributed by atoms with Crippen LogP contribution in [0.25, 0.3) is 0 Å². The molecule has 128 valence electrons. The molecule has 2 heterocycles. The molecule has 1 aliphatic rings. The number of pyridine rings is 1. The summed E-state index contributed by atoms with van der Waals surface area (Å²) in [6.07, 6.45) is 2.48. The van der Waals surface area contributed by atoms with E-state index < -0.39 is 25.0 Å². The second-order valence-electron chi connectivity index (χ2n) is 6.00. The number of aliphatic hydroxyl groups excluding tert-OH is 2. The van der Waals surface area contributed by atoms with Gasteiger partial charge in [0.15, 0.2) is 5.67 Å². The van der Waals surface area contributed by atoms with Gasteiger partial charge in [-0.3, -0.25) is 4.90 Å². The van der Waals surface area contributed by atoms with Gasteiger partial charge in [-0.15, -0.1) is 0 Å². The maximum atomic E-state index is 13.8. The van der Waals surface area contributed by atoms with Crippen molar-refractivity contribution in [2.75, 3.05) is 24.7 Å². The van der Waals surface area contributed by atoms with Gasteiger partial charge in [0, 0.05) is 12.2 Å². The van der Waals surface area contributed by atoms with E-state index in [4.69, 9.17) is 10.2 Å². The van der Waals surface area contributed by atoms with Gasteiger partial charge in [0.2, 0.25) is 0 Å². The van der Waals surface area contributed by atoms with Crippen LogP contribution in [0, 0.1) is 0 Å². The maximum absolute atomic E-state index is 13.8. The zero-order chi connectivity index (χ0) is 16.9. The van der Waals surface area contributed by atoms with Gasteiger partial charge in [-0.25, -0.2) is 14.2 Å². The smallest absolute Gasteiger partial charge is 0.413 e. The lowest BCUT2D eigenvalue weighted by Gasteiger charge is -2.26. The van der Waals surface area contributed by atoms with Gasteiger partial charge in [0.05, 0.1) is 13.2 Å². The summed E-state index contributed by atoms with van der Waals surface area (Å²) in [6.45, 7) is -0.918. The van der Waals surface area contributed by atoms with Crippen molar-refractivity contribution >= 4 is 11.9 Å². The molecule has 0 aromatic carbocycles. The van der Waals surface area contributed by atoms with Gasteiger partial charge >= 0.3 is 6.09 Å². The standard InChI is InChI=1S/C16H23FN2O4/c17-16(10-20,11-21)8-2-1-5-13-7-6-12-4-3-9-19(15(22)23)14(12)18-13/h6-7,20-21H,1-5,8-11H2,(H,22,23). The zero-order valence-corrected chi connectivity index (χ0v) is 13.0. The largest absolute Gasteiger partial charge is 0.465 e. The first-order valence-electron chi connectivity index (χ1n) is 7.89. The minimum atomic E-state index is -1.93. The fourth-order valence-electron chi connectivity index (χ4n) is 2.76. The van der Waals surface area contributed by atoms with Crippen molar-refractivity contribution in [3.8, 4) is 0 Å². The van der Waals surface area contributed by atoms with E-state index in [1.807, 2.05) is 12.1 Å². The van der Waals surface area contributed by atoms with Gasteiger partial charge in [-0.1, -0.05) is 6.07 Å². The molecule has 1 aliphatic heterocycles. The number of fused-ring (bicyclic) bond motifs is 1. The molecule has 0 spiro atoms. The number of halogens is 1. The third kappa shape index (κ3) is 4.39. The van der Waals surface area contributed by atoms with E-state index in [2.05, 4.69) is 4.98 Å². The van der Waals surface area contributed by atoms with Crippen LogP contribution in [-0.4, -0.2) is 51.8 Å². The highest BCUT2D eigenvalue weighted by Crippen LogP contribution is 2.26. The topological polar surface area (TPSA) is 93.9 Å². The summed E-state index contributed by atoms with van der Waals surface area (Å²) < 4.78 is 13.8. The van der Waals surface area contributed by atoms with Crippen molar-refractivity contribution in [1.29, 1.82) is 0 Å². The highest BCUT2D eigenvalue weighted by Gasteiger charge is 2.27. The Morgan fingerprint density at radius 1 is 1.30 bits per heavy atom. The first-order chi connectivity index (χ1) is 11.0. The van der Waals surface area contributed by atoms with Crippen LogP contribution < -0.4 is 4.90 Å². The van der Waals surface area contributed by atoms with Crippen LogP contribution in [0.5, 0.6) is 0 Å². The number of hydrogen-bond donors (Lipinski definition) is 3. The second kappa shape index (κ2) is 7.70. The van der Waals surface area contributed by atoms with Crippen LogP contribution in [0.3, 0.4) is 0 Å². The molecule has 0 bridgehead atoms. The number of aryl methyl sites for hydroxylation is 2. The fourth-order valence-corrected chi connectivity index (χ4v) is 2.76. The molecule has 1 aromatic heterocycles. The molecule has 0 unspecified atom stereocenters. The van der Waals surface area contributed by atoms with Crippen LogP contribution >= 0.6 is 0 Å². The van der Waals surface area contributed by atoms with Crippen LogP contribution in [-0.2, 0) is 12.8 Å². The summed E-state index contributed by atoms with van der Waals surface area (Å²) in [7, 11) is 0. The van der Waals surface area contributed by atoms with Crippen molar-refractivity contribution in [2.45, 2.75) is 44.2 Å². The molecule has 0 radical (unpaired) electrons. The Morgan fingerprint density at radius 3 is 2.70 bits per heavy atom. The van der Waals surface area contributed by atoms with E-state index in [0.29, 0.717) is 31.6 Å². The van der Waals surface area contributed by atoms with Gasteiger partial charge in [0.1, 0.15) is 5.82 Å².